The van der Waals surface area contributed by atoms with Crippen molar-refractivity contribution in [2.45, 2.75) is 147 Å². The maximum absolute atomic E-state index is 17.8. The Morgan fingerprint density at radius 1 is 0.956 bits per heavy atom. The van der Waals surface area contributed by atoms with Crippen LogP contribution in [-0.4, -0.2) is 101 Å². The van der Waals surface area contributed by atoms with Crippen LogP contribution in [0.3, 0.4) is 0 Å². The zero-order chi connectivity index (χ0) is 48.3. The minimum absolute atomic E-state index is 0.0349. The number of ether oxygens (including phenoxy) is 3. The van der Waals surface area contributed by atoms with Gasteiger partial charge in [-0.15, -0.1) is 5.54 Å². The van der Waals surface area contributed by atoms with Crippen LogP contribution in [0.1, 0.15) is 106 Å². The molecule has 4 fully saturated rings. The lowest BCUT2D eigenvalue weighted by molar-refractivity contribution is 0.0122. The molecule has 6 heterocycles. The van der Waals surface area contributed by atoms with Crippen molar-refractivity contribution >= 4 is 64.3 Å². The molecule has 2 aromatic heterocycles. The molecule has 1 amide bonds. The number of nitrogens with zero attached hydrogens (tertiary/aromatic N) is 6. The number of hydrogen-bond donors (Lipinski definition) is 0. The summed E-state index contributed by atoms with van der Waals surface area (Å²) >= 11 is 2.33. The number of fused-ring (bicyclic) bond motifs is 5. The van der Waals surface area contributed by atoms with Gasteiger partial charge < -0.3 is 19.1 Å². The summed E-state index contributed by atoms with van der Waals surface area (Å²) in [6.07, 6.45) is 5.75. The van der Waals surface area contributed by atoms with Crippen LogP contribution in [0.25, 0.3) is 32.9 Å². The van der Waals surface area contributed by atoms with Crippen molar-refractivity contribution in [3.8, 4) is 28.7 Å². The lowest BCUT2D eigenvalue weighted by Crippen LogP contribution is -2.57. The molecule has 4 aliphatic heterocycles. The van der Waals surface area contributed by atoms with Crippen LogP contribution in [0.15, 0.2) is 60.8 Å². The number of amides is 1. The van der Waals surface area contributed by atoms with Gasteiger partial charge in [-0.05, 0) is 128 Å². The molecule has 4 aliphatic rings. The molecule has 3 aromatic carbocycles. The highest BCUT2D eigenvalue weighted by Gasteiger charge is 2.50. The minimum atomic E-state index is -2.26. The van der Waals surface area contributed by atoms with Crippen molar-refractivity contribution in [2.24, 2.45) is 0 Å². The molecule has 360 valence electrons. The van der Waals surface area contributed by atoms with Gasteiger partial charge in [-0.3, -0.25) is 14.8 Å². The van der Waals surface area contributed by atoms with Gasteiger partial charge in [0.25, 0.3) is 0 Å². The molecule has 4 saturated heterocycles. The average Bonchev–Trinajstić information content (AvgIpc) is 3.92. The second kappa shape index (κ2) is 19.1. The highest BCUT2D eigenvalue weighted by Crippen LogP contribution is 2.44. The van der Waals surface area contributed by atoms with Gasteiger partial charge in [0.2, 0.25) is 0 Å². The van der Waals surface area contributed by atoms with E-state index in [4.69, 9.17) is 29.2 Å². The fourth-order valence-corrected chi connectivity index (χ4v) is 17.9. The standard InChI is InChI=1S/C54H65F2IN6O4Si/c1-33(2)68(34(3)4,35(5)6)24-21-42-45(55)20-17-37-14-11-16-43(46(37)42)48-47(56)49-44(27-58-48)50(61-28-39-18-19-40(29-61)63(39)52(64)67-53(7,8)9)60-51(59-49)66-32-54-22-12-23-62(54)30-41(26-54)65-31-36-13-10-15-38(57)25-36/h10-11,13-17,20,25,27,33-35,39-41H,12,18-19,22-23,26,28-32H2,1-9H3/t39-,40+,41-,54+/m1/s1. The van der Waals surface area contributed by atoms with Crippen molar-refractivity contribution in [3.05, 3.63) is 87.1 Å². The van der Waals surface area contributed by atoms with E-state index < -0.39 is 25.3 Å². The number of piperazine rings is 1. The van der Waals surface area contributed by atoms with Gasteiger partial charge in [0, 0.05) is 40.4 Å². The largest absolute Gasteiger partial charge is 0.461 e. The highest BCUT2D eigenvalue weighted by atomic mass is 127. The fraction of sp³-hybridized carbons (Fsp3) is 0.519. The van der Waals surface area contributed by atoms with E-state index in [1.54, 1.807) is 18.3 Å². The molecule has 68 heavy (non-hydrogen) atoms. The number of aromatic nitrogens is 3. The Kier molecular flexibility index (Phi) is 13.6. The van der Waals surface area contributed by atoms with Crippen molar-refractivity contribution in [1.29, 1.82) is 0 Å². The Balaban J connectivity index is 1.11. The van der Waals surface area contributed by atoms with Crippen LogP contribution in [0.2, 0.25) is 16.6 Å². The Hall–Kier alpha value is -4.43. The van der Waals surface area contributed by atoms with E-state index in [1.807, 2.05) is 37.8 Å². The molecule has 0 spiro atoms. The lowest BCUT2D eigenvalue weighted by atomic mass is 9.94. The highest BCUT2D eigenvalue weighted by molar-refractivity contribution is 14.1. The molecule has 14 heteroatoms. The zero-order valence-electron chi connectivity index (χ0n) is 41.0. The van der Waals surface area contributed by atoms with Crippen molar-refractivity contribution in [2.75, 3.05) is 37.7 Å². The van der Waals surface area contributed by atoms with E-state index in [1.165, 1.54) is 9.64 Å². The van der Waals surface area contributed by atoms with Crippen LogP contribution in [0.5, 0.6) is 6.01 Å². The predicted octanol–water partition coefficient (Wildman–Crippen LogP) is 12.1. The van der Waals surface area contributed by atoms with Crippen molar-refractivity contribution < 1.29 is 27.8 Å². The van der Waals surface area contributed by atoms with Gasteiger partial charge in [-0.2, -0.15) is 9.97 Å². The maximum atomic E-state index is 17.8. The third kappa shape index (κ3) is 9.21. The predicted molar refractivity (Wildman–Crippen MR) is 277 cm³/mol. The van der Waals surface area contributed by atoms with Gasteiger partial charge >= 0.3 is 12.1 Å². The molecular formula is C54H65F2IN6O4Si. The van der Waals surface area contributed by atoms with E-state index in [0.717, 1.165) is 56.1 Å². The number of anilines is 1. The molecule has 0 saturated carbocycles. The van der Waals surface area contributed by atoms with Gasteiger partial charge in [-0.1, -0.05) is 83.9 Å². The SMILES string of the molecule is CC(C)[Si](C#Cc1c(F)ccc2cccc(-c3ncc4c(N5C[C@H]6CC[C@@H](C5)N6C(=O)OC(C)(C)C)nc(OC[C@@]56CCCN5C[C@H](OCc5cccc(I)c5)C6)nc4c3F)c12)(C(C)C)C(C)C. The molecule has 0 unspecified atom stereocenters. The maximum Gasteiger partial charge on any atom is 0.410 e. The molecule has 0 aliphatic carbocycles. The number of rotatable bonds is 11. The lowest BCUT2D eigenvalue weighted by Gasteiger charge is -2.42. The fourth-order valence-electron chi connectivity index (χ4n) is 12.1. The van der Waals surface area contributed by atoms with Crippen molar-refractivity contribution in [3.63, 3.8) is 0 Å². The smallest absolute Gasteiger partial charge is 0.410 e. The number of pyridine rings is 1. The van der Waals surface area contributed by atoms with Crippen LogP contribution < -0.4 is 9.64 Å². The van der Waals surface area contributed by atoms with E-state index in [0.29, 0.717) is 65.1 Å². The first-order chi connectivity index (χ1) is 32.4. The summed E-state index contributed by atoms with van der Waals surface area (Å²) in [5.74, 6) is 2.77. The number of halogens is 3. The van der Waals surface area contributed by atoms with Crippen molar-refractivity contribution in [1.82, 2.24) is 24.8 Å². The second-order valence-electron chi connectivity index (χ2n) is 21.5. The van der Waals surface area contributed by atoms with Gasteiger partial charge in [0.1, 0.15) is 43.1 Å². The van der Waals surface area contributed by atoms with Gasteiger partial charge in [0.05, 0.1) is 41.3 Å². The Morgan fingerprint density at radius 3 is 2.37 bits per heavy atom. The van der Waals surface area contributed by atoms with E-state index in [-0.39, 0.29) is 52.6 Å². The van der Waals surface area contributed by atoms with E-state index >= 15 is 8.78 Å². The minimum Gasteiger partial charge on any atom is -0.461 e. The summed E-state index contributed by atoms with van der Waals surface area (Å²) in [6, 6.07) is 16.9. The Morgan fingerprint density at radius 2 is 1.68 bits per heavy atom. The number of benzene rings is 3. The second-order valence-corrected chi connectivity index (χ2v) is 28.3. The Labute approximate surface area is 415 Å². The third-order valence-electron chi connectivity index (χ3n) is 15.2. The quantitative estimate of drug-likeness (QED) is 0.0728. The van der Waals surface area contributed by atoms with E-state index in [2.05, 4.69) is 110 Å². The first-order valence-electron chi connectivity index (χ1n) is 24.5. The molecule has 5 aromatic rings. The zero-order valence-corrected chi connectivity index (χ0v) is 44.1. The summed E-state index contributed by atoms with van der Waals surface area (Å²) in [5, 5.41) is 1.69. The van der Waals surface area contributed by atoms with Gasteiger partial charge in [-0.25, -0.2) is 13.6 Å². The van der Waals surface area contributed by atoms with Crippen LogP contribution in [0, 0.1) is 26.7 Å². The topological polar surface area (TPSA) is 93.2 Å². The monoisotopic (exact) mass is 1050 g/mol. The molecule has 0 radical (unpaired) electrons. The molecule has 4 atom stereocenters. The van der Waals surface area contributed by atoms with Crippen LogP contribution in [0.4, 0.5) is 19.4 Å². The van der Waals surface area contributed by atoms with Crippen LogP contribution >= 0.6 is 22.6 Å². The Bertz CT molecular complexity index is 2760. The summed E-state index contributed by atoms with van der Waals surface area (Å²) in [6.45, 7) is 22.6. The summed E-state index contributed by atoms with van der Waals surface area (Å²) in [5.41, 5.74) is 5.78. The number of hydrogen-bond acceptors (Lipinski definition) is 9. The summed E-state index contributed by atoms with van der Waals surface area (Å²) in [7, 11) is -2.26. The number of carbonyl (C=O) groups excluding carboxylic acids is 1. The number of carbonyl (C=O) groups is 1. The third-order valence-corrected chi connectivity index (χ3v) is 22.1. The molecule has 9 rings (SSSR count). The molecule has 0 N–H and O–H groups in total. The summed E-state index contributed by atoms with van der Waals surface area (Å²) in [4.78, 5) is 34.7. The molecule has 2 bridgehead atoms. The molecule has 10 nitrogen and oxygen atoms in total. The first-order valence-corrected chi connectivity index (χ1v) is 27.8. The van der Waals surface area contributed by atoms with Gasteiger partial charge in [0.15, 0.2) is 5.82 Å². The summed E-state index contributed by atoms with van der Waals surface area (Å²) < 4.78 is 54.3. The average molecular weight is 1060 g/mol. The molecular weight excluding hydrogens is 990 g/mol. The first kappa shape index (κ1) is 48.6. The normalized spacial score (nSPS) is 21.9. The van der Waals surface area contributed by atoms with E-state index in [9.17, 15) is 4.79 Å². The van der Waals surface area contributed by atoms with Crippen LogP contribution in [-0.2, 0) is 16.1 Å².